The fourth-order valence-corrected chi connectivity index (χ4v) is 5.93. The van der Waals surface area contributed by atoms with Crippen molar-refractivity contribution in [1.82, 2.24) is 9.80 Å². The molecule has 3 aromatic rings. The van der Waals surface area contributed by atoms with E-state index >= 15 is 0 Å². The number of amides is 4. The van der Waals surface area contributed by atoms with Crippen molar-refractivity contribution in [2.24, 2.45) is 5.41 Å². The molecule has 53 heavy (non-hydrogen) atoms. The van der Waals surface area contributed by atoms with Gasteiger partial charge in [0.25, 0.3) is 11.8 Å². The zero-order valence-electron chi connectivity index (χ0n) is 32.2. The predicted octanol–water partition coefficient (Wildman–Crippen LogP) is 8.29. The molecule has 3 atom stereocenters. The minimum atomic E-state index is -1.79. The first-order valence-electron chi connectivity index (χ1n) is 18.1. The highest BCUT2D eigenvalue weighted by molar-refractivity contribution is 6.34. The van der Waals surface area contributed by atoms with Gasteiger partial charge in [-0.25, -0.2) is 9.69 Å². The number of aryl methyl sites for hydroxylation is 1. The topological polar surface area (TPSA) is 127 Å². The molecule has 3 aromatic carbocycles. The van der Waals surface area contributed by atoms with Gasteiger partial charge in [-0.15, -0.1) is 0 Å². The quantitative estimate of drug-likeness (QED) is 0.0803. The number of nitrogens with one attached hydrogen (secondary N) is 2. The molecular formula is C41H53ClN4O7. The van der Waals surface area contributed by atoms with Gasteiger partial charge in [0.15, 0.2) is 11.8 Å². The minimum Gasteiger partial charge on any atom is -0.465 e. The summed E-state index contributed by atoms with van der Waals surface area (Å²) in [5, 5.41) is 6.04. The van der Waals surface area contributed by atoms with E-state index in [1.807, 2.05) is 50.2 Å². The molecule has 0 spiro atoms. The lowest BCUT2D eigenvalue weighted by atomic mass is 9.81. The predicted molar refractivity (Wildman–Crippen MR) is 207 cm³/mol. The van der Waals surface area contributed by atoms with Gasteiger partial charge in [-0.05, 0) is 66.6 Å². The average molecular weight is 749 g/mol. The van der Waals surface area contributed by atoms with Gasteiger partial charge in [0.2, 0.25) is 12.5 Å². The monoisotopic (exact) mass is 748 g/mol. The van der Waals surface area contributed by atoms with Crippen LogP contribution in [0, 0.1) is 12.3 Å². The maximum Gasteiger partial charge on any atom is 0.330 e. The highest BCUT2D eigenvalue weighted by Gasteiger charge is 2.54. The average Bonchev–Trinajstić information content (AvgIpc) is 3.33. The Kier molecular flexibility index (Phi) is 13.7. The molecule has 1 fully saturated rings. The third-order valence-electron chi connectivity index (χ3n) is 9.40. The summed E-state index contributed by atoms with van der Waals surface area (Å²) in [4.78, 5) is 57.6. The number of ether oxygens (including phenoxy) is 3. The first kappa shape index (κ1) is 41.3. The van der Waals surface area contributed by atoms with Crippen molar-refractivity contribution in [3.8, 4) is 5.75 Å². The third kappa shape index (κ3) is 9.96. The Labute approximate surface area is 318 Å². The van der Waals surface area contributed by atoms with Crippen LogP contribution in [0.4, 0.5) is 16.2 Å². The minimum absolute atomic E-state index is 0.0410. The van der Waals surface area contributed by atoms with Crippen LogP contribution in [-0.4, -0.2) is 65.3 Å². The zero-order chi connectivity index (χ0) is 39.1. The Morgan fingerprint density at radius 2 is 1.64 bits per heavy atom. The van der Waals surface area contributed by atoms with Gasteiger partial charge in [-0.3, -0.25) is 19.3 Å². The summed E-state index contributed by atoms with van der Waals surface area (Å²) in [6.07, 6.45) is -0.223. The molecule has 1 heterocycles. The molecule has 1 aliphatic rings. The van der Waals surface area contributed by atoms with Crippen LogP contribution < -0.4 is 15.4 Å². The molecule has 3 unspecified atom stereocenters. The molecule has 4 amide bonds. The van der Waals surface area contributed by atoms with Gasteiger partial charge in [-0.1, -0.05) is 103 Å². The van der Waals surface area contributed by atoms with Crippen LogP contribution in [0.15, 0.2) is 66.7 Å². The van der Waals surface area contributed by atoms with E-state index in [-0.39, 0.29) is 36.0 Å². The van der Waals surface area contributed by atoms with Gasteiger partial charge in [0.05, 0.1) is 17.3 Å². The fourth-order valence-electron chi connectivity index (χ4n) is 5.77. The second-order valence-electron chi connectivity index (χ2n) is 14.8. The van der Waals surface area contributed by atoms with Crippen LogP contribution in [0.1, 0.15) is 84.9 Å². The molecule has 0 radical (unpaired) electrons. The Balaban J connectivity index is 1.50. The maximum atomic E-state index is 14.1. The molecule has 12 heteroatoms. The molecule has 1 aliphatic heterocycles. The fraction of sp³-hybridized carbons (Fsp3) is 0.463. The van der Waals surface area contributed by atoms with E-state index in [0.717, 1.165) is 23.3 Å². The highest BCUT2D eigenvalue weighted by atomic mass is 35.5. The van der Waals surface area contributed by atoms with E-state index in [0.29, 0.717) is 17.0 Å². The zero-order valence-corrected chi connectivity index (χ0v) is 33.0. The maximum absolute atomic E-state index is 14.1. The molecule has 0 aliphatic carbocycles. The van der Waals surface area contributed by atoms with Gasteiger partial charge in [-0.2, -0.15) is 0 Å². The lowest BCUT2D eigenvalue weighted by molar-refractivity contribution is -0.149. The summed E-state index contributed by atoms with van der Waals surface area (Å²) in [6, 6.07) is 17.6. The second-order valence-corrected chi connectivity index (χ2v) is 15.2. The molecular weight excluding hydrogens is 696 g/mol. The number of nitrogens with zero attached hydrogens (tertiary/aromatic N) is 2. The molecule has 0 aromatic heterocycles. The number of carbonyl (C=O) groups is 4. The van der Waals surface area contributed by atoms with Crippen molar-refractivity contribution >= 4 is 46.6 Å². The first-order valence-corrected chi connectivity index (χ1v) is 18.5. The second kappa shape index (κ2) is 17.6. The van der Waals surface area contributed by atoms with Crippen LogP contribution >= 0.6 is 11.6 Å². The first-order chi connectivity index (χ1) is 25.0. The van der Waals surface area contributed by atoms with Gasteiger partial charge in [0.1, 0.15) is 12.5 Å². The number of rotatable bonds is 17. The summed E-state index contributed by atoms with van der Waals surface area (Å²) < 4.78 is 17.9. The SMILES string of the molecule is CCOC1C(=O)N(C(C(=O)Nc2cc(NCOC(CC)Oc3ccc(C(C)(C)CC)cc3C)ccc2Cl)C(=O)C(C)(C)C)C(=O)N1Cc1ccccc1. The van der Waals surface area contributed by atoms with E-state index in [1.165, 1.54) is 10.5 Å². The molecule has 11 nitrogen and oxygen atoms in total. The normalized spacial score (nSPS) is 16.1. The number of ketones is 1. The van der Waals surface area contributed by atoms with E-state index < -0.39 is 47.6 Å². The molecule has 0 bridgehead atoms. The number of hydrogen-bond acceptors (Lipinski definition) is 8. The number of anilines is 2. The van der Waals surface area contributed by atoms with Crippen molar-refractivity contribution in [3.05, 3.63) is 88.4 Å². The summed E-state index contributed by atoms with van der Waals surface area (Å²) >= 11 is 6.52. The van der Waals surface area contributed by atoms with Gasteiger partial charge >= 0.3 is 6.03 Å². The molecule has 1 saturated heterocycles. The number of Topliss-reactive ketones (excluding diaryl/α,β-unsaturated/α-hetero) is 1. The van der Waals surface area contributed by atoms with E-state index in [9.17, 15) is 19.2 Å². The molecule has 2 N–H and O–H groups in total. The number of carbonyl (C=O) groups excluding carboxylic acids is 4. The smallest absolute Gasteiger partial charge is 0.330 e. The summed E-state index contributed by atoms with van der Waals surface area (Å²) in [7, 11) is 0. The number of urea groups is 1. The summed E-state index contributed by atoms with van der Waals surface area (Å²) in [5.74, 6) is -1.57. The molecule has 286 valence electrons. The van der Waals surface area contributed by atoms with E-state index in [2.05, 4.69) is 43.5 Å². The standard InChI is InChI=1S/C41H53ClN4O7/c1-10-33(53-32-21-18-28(22-26(32)4)41(8,9)11-2)52-25-43-29-19-20-30(42)31(23-29)44-36(48)34(35(47)40(5,6)7)46-37(49)38(51-12-3)45(39(46)50)24-27-16-14-13-15-17-27/h13-23,33-34,38,43H,10-12,24-25H2,1-9H3,(H,44,48). The Morgan fingerprint density at radius 3 is 2.25 bits per heavy atom. The van der Waals surface area contributed by atoms with Crippen LogP contribution in [0.25, 0.3) is 0 Å². The van der Waals surface area contributed by atoms with Crippen molar-refractivity contribution in [1.29, 1.82) is 0 Å². The van der Waals surface area contributed by atoms with Crippen LogP contribution in [-0.2, 0) is 35.8 Å². The van der Waals surface area contributed by atoms with Gasteiger partial charge < -0.3 is 24.8 Å². The van der Waals surface area contributed by atoms with Crippen LogP contribution in [0.3, 0.4) is 0 Å². The lowest BCUT2D eigenvalue weighted by Gasteiger charge is -2.29. The third-order valence-corrected chi connectivity index (χ3v) is 9.73. The highest BCUT2D eigenvalue weighted by Crippen LogP contribution is 2.33. The van der Waals surface area contributed by atoms with Crippen molar-refractivity contribution in [2.75, 3.05) is 24.0 Å². The van der Waals surface area contributed by atoms with E-state index in [1.54, 1.807) is 45.9 Å². The summed E-state index contributed by atoms with van der Waals surface area (Å²) in [6.45, 7) is 17.4. The number of halogens is 1. The summed E-state index contributed by atoms with van der Waals surface area (Å²) in [5.41, 5.74) is 2.72. The Bertz CT molecular complexity index is 1780. The molecule has 4 rings (SSSR count). The van der Waals surface area contributed by atoms with Crippen molar-refractivity contribution < 1.29 is 33.4 Å². The number of hydrogen-bond donors (Lipinski definition) is 2. The Morgan fingerprint density at radius 1 is 0.943 bits per heavy atom. The largest absolute Gasteiger partial charge is 0.465 e. The van der Waals surface area contributed by atoms with Crippen LogP contribution in [0.5, 0.6) is 5.75 Å². The van der Waals surface area contributed by atoms with Crippen molar-refractivity contribution in [2.45, 2.75) is 106 Å². The number of imide groups is 1. The van der Waals surface area contributed by atoms with E-state index in [4.69, 9.17) is 25.8 Å². The van der Waals surface area contributed by atoms with Gasteiger partial charge in [0, 0.05) is 24.1 Å². The number of benzene rings is 3. The van der Waals surface area contributed by atoms with Crippen LogP contribution in [0.2, 0.25) is 5.02 Å². The molecule has 0 saturated carbocycles. The lowest BCUT2D eigenvalue weighted by Crippen LogP contribution is -2.55. The Hall–Kier alpha value is -4.45. The van der Waals surface area contributed by atoms with Crippen molar-refractivity contribution in [3.63, 3.8) is 0 Å².